The maximum Gasteiger partial charge on any atom is 0.354 e. The van der Waals surface area contributed by atoms with Gasteiger partial charge in [0, 0.05) is 23.3 Å². The Bertz CT molecular complexity index is 613. The Kier molecular flexibility index (Phi) is 4.92. The summed E-state index contributed by atoms with van der Waals surface area (Å²) in [5.74, 6) is -0.665. The second-order valence-electron chi connectivity index (χ2n) is 4.23. The number of methoxy groups -OCH3 is 1. The molecule has 0 saturated heterocycles. The molecule has 0 radical (unpaired) electrons. The Hall–Kier alpha value is -1.66. The highest BCUT2D eigenvalue weighted by Gasteiger charge is 2.08. The molecule has 2 aromatic rings. The number of aromatic amines is 1. The molecular weight excluding hydrogens is 327 g/mol. The van der Waals surface area contributed by atoms with E-state index in [1.807, 2.05) is 0 Å². The molecular formula is C14H14BrFN2O2. The summed E-state index contributed by atoms with van der Waals surface area (Å²) in [7, 11) is 1.34. The standard InChI is InChI=1S/C14H14BrFN2O2/c1-20-14(19)13-5-3-11(18-13)8-17-7-9-6-10(16)2-4-12(9)15/h2-6,17-18H,7-8H2,1H3. The summed E-state index contributed by atoms with van der Waals surface area (Å²) >= 11 is 3.37. The van der Waals surface area contributed by atoms with Crippen LogP contribution in [0, 0.1) is 5.82 Å². The molecule has 6 heteroatoms. The molecule has 0 aliphatic rings. The van der Waals surface area contributed by atoms with E-state index < -0.39 is 5.97 Å². The number of carbonyl (C=O) groups is 1. The van der Waals surface area contributed by atoms with E-state index in [1.165, 1.54) is 19.2 Å². The third-order valence-corrected chi connectivity index (χ3v) is 3.56. The van der Waals surface area contributed by atoms with E-state index in [2.05, 4.69) is 31.0 Å². The summed E-state index contributed by atoms with van der Waals surface area (Å²) in [6, 6.07) is 8.03. The lowest BCUT2D eigenvalue weighted by Crippen LogP contribution is -2.13. The average molecular weight is 341 g/mol. The van der Waals surface area contributed by atoms with Crippen LogP contribution >= 0.6 is 15.9 Å². The van der Waals surface area contributed by atoms with Gasteiger partial charge in [-0.05, 0) is 35.9 Å². The van der Waals surface area contributed by atoms with Crippen molar-refractivity contribution in [2.75, 3.05) is 7.11 Å². The molecule has 0 aliphatic heterocycles. The van der Waals surface area contributed by atoms with E-state index in [0.29, 0.717) is 18.8 Å². The first-order valence-corrected chi connectivity index (χ1v) is 6.80. The Morgan fingerprint density at radius 1 is 1.35 bits per heavy atom. The van der Waals surface area contributed by atoms with Crippen molar-refractivity contribution in [3.8, 4) is 0 Å². The van der Waals surface area contributed by atoms with Gasteiger partial charge in [0.1, 0.15) is 11.5 Å². The first-order chi connectivity index (χ1) is 9.60. The van der Waals surface area contributed by atoms with Gasteiger partial charge in [-0.1, -0.05) is 15.9 Å². The van der Waals surface area contributed by atoms with Gasteiger partial charge in [-0.15, -0.1) is 0 Å². The summed E-state index contributed by atoms with van der Waals surface area (Å²) in [6.07, 6.45) is 0. The van der Waals surface area contributed by atoms with Gasteiger partial charge in [-0.25, -0.2) is 9.18 Å². The van der Waals surface area contributed by atoms with E-state index >= 15 is 0 Å². The minimum atomic E-state index is -0.399. The van der Waals surface area contributed by atoms with Crippen LogP contribution in [-0.4, -0.2) is 18.1 Å². The van der Waals surface area contributed by atoms with Crippen LogP contribution in [0.1, 0.15) is 21.7 Å². The number of hydrogen-bond acceptors (Lipinski definition) is 3. The van der Waals surface area contributed by atoms with Crippen molar-refractivity contribution in [3.05, 3.63) is 57.6 Å². The van der Waals surface area contributed by atoms with Crippen molar-refractivity contribution >= 4 is 21.9 Å². The molecule has 1 aromatic carbocycles. The van der Waals surface area contributed by atoms with E-state index in [0.717, 1.165) is 15.7 Å². The van der Waals surface area contributed by atoms with Crippen molar-refractivity contribution in [2.24, 2.45) is 0 Å². The molecule has 0 amide bonds. The van der Waals surface area contributed by atoms with Gasteiger partial charge in [0.2, 0.25) is 0 Å². The summed E-state index contributed by atoms with van der Waals surface area (Å²) < 4.78 is 18.6. The number of aromatic nitrogens is 1. The van der Waals surface area contributed by atoms with Gasteiger partial charge in [-0.2, -0.15) is 0 Å². The molecule has 4 nitrogen and oxygen atoms in total. The molecule has 0 unspecified atom stereocenters. The third kappa shape index (κ3) is 3.68. The van der Waals surface area contributed by atoms with Gasteiger partial charge < -0.3 is 15.0 Å². The molecule has 20 heavy (non-hydrogen) atoms. The number of rotatable bonds is 5. The molecule has 1 heterocycles. The quantitative estimate of drug-likeness (QED) is 0.822. The zero-order valence-electron chi connectivity index (χ0n) is 10.9. The van der Waals surface area contributed by atoms with Crippen molar-refractivity contribution in [1.29, 1.82) is 0 Å². The van der Waals surface area contributed by atoms with Crippen LogP contribution in [0.2, 0.25) is 0 Å². The molecule has 0 aliphatic carbocycles. The van der Waals surface area contributed by atoms with E-state index in [4.69, 9.17) is 0 Å². The highest BCUT2D eigenvalue weighted by Crippen LogP contribution is 2.17. The topological polar surface area (TPSA) is 54.1 Å². The van der Waals surface area contributed by atoms with E-state index in [9.17, 15) is 9.18 Å². The van der Waals surface area contributed by atoms with Crippen molar-refractivity contribution in [3.63, 3.8) is 0 Å². The first-order valence-electron chi connectivity index (χ1n) is 6.01. The van der Waals surface area contributed by atoms with Crippen molar-refractivity contribution < 1.29 is 13.9 Å². The molecule has 2 N–H and O–H groups in total. The fraction of sp³-hybridized carbons (Fsp3) is 0.214. The predicted molar refractivity (Wildman–Crippen MR) is 76.8 cm³/mol. The van der Waals surface area contributed by atoms with Crippen molar-refractivity contribution in [2.45, 2.75) is 13.1 Å². The number of esters is 1. The smallest absolute Gasteiger partial charge is 0.354 e. The largest absolute Gasteiger partial charge is 0.464 e. The highest BCUT2D eigenvalue weighted by molar-refractivity contribution is 9.10. The van der Waals surface area contributed by atoms with E-state index in [1.54, 1.807) is 18.2 Å². The Balaban J connectivity index is 1.91. The number of halogens is 2. The van der Waals surface area contributed by atoms with Crippen LogP contribution < -0.4 is 5.32 Å². The molecule has 1 aromatic heterocycles. The number of benzene rings is 1. The molecule has 0 atom stereocenters. The zero-order chi connectivity index (χ0) is 14.5. The SMILES string of the molecule is COC(=O)c1ccc(CNCc2cc(F)ccc2Br)[nH]1. The predicted octanol–water partition coefficient (Wildman–Crippen LogP) is 2.99. The Morgan fingerprint density at radius 3 is 2.90 bits per heavy atom. The van der Waals surface area contributed by atoms with Gasteiger partial charge in [0.05, 0.1) is 7.11 Å². The number of hydrogen-bond donors (Lipinski definition) is 2. The minimum Gasteiger partial charge on any atom is -0.464 e. The molecule has 106 valence electrons. The number of ether oxygens (including phenoxy) is 1. The lowest BCUT2D eigenvalue weighted by atomic mass is 10.2. The van der Waals surface area contributed by atoms with E-state index in [-0.39, 0.29) is 5.82 Å². The van der Waals surface area contributed by atoms with Crippen LogP contribution in [-0.2, 0) is 17.8 Å². The van der Waals surface area contributed by atoms with Crippen LogP contribution in [0.5, 0.6) is 0 Å². The molecule has 0 bridgehead atoms. The first kappa shape index (κ1) is 14.7. The van der Waals surface area contributed by atoms with Crippen LogP contribution in [0.15, 0.2) is 34.8 Å². The third-order valence-electron chi connectivity index (χ3n) is 2.79. The molecule has 0 saturated carbocycles. The van der Waals surface area contributed by atoms with Crippen LogP contribution in [0.3, 0.4) is 0 Å². The fourth-order valence-electron chi connectivity index (χ4n) is 1.78. The summed E-state index contributed by atoms with van der Waals surface area (Å²) in [5, 5.41) is 3.18. The maximum absolute atomic E-state index is 13.1. The van der Waals surface area contributed by atoms with Crippen LogP contribution in [0.25, 0.3) is 0 Å². The normalized spacial score (nSPS) is 10.6. The second-order valence-corrected chi connectivity index (χ2v) is 5.08. The van der Waals surface area contributed by atoms with Gasteiger partial charge in [0.25, 0.3) is 0 Å². The summed E-state index contributed by atoms with van der Waals surface area (Å²) in [6.45, 7) is 1.06. The summed E-state index contributed by atoms with van der Waals surface area (Å²) in [4.78, 5) is 14.2. The lowest BCUT2D eigenvalue weighted by Gasteiger charge is -2.06. The molecule has 2 rings (SSSR count). The number of H-pyrrole nitrogens is 1. The average Bonchev–Trinajstić information content (AvgIpc) is 2.90. The number of carbonyl (C=O) groups excluding carboxylic acids is 1. The molecule has 0 fully saturated rings. The second kappa shape index (κ2) is 6.67. The van der Waals surface area contributed by atoms with Gasteiger partial charge in [0.15, 0.2) is 0 Å². The van der Waals surface area contributed by atoms with Crippen LogP contribution in [0.4, 0.5) is 4.39 Å². The lowest BCUT2D eigenvalue weighted by molar-refractivity contribution is 0.0594. The van der Waals surface area contributed by atoms with Gasteiger partial charge in [-0.3, -0.25) is 0 Å². The Labute approximate surface area is 124 Å². The summed E-state index contributed by atoms with van der Waals surface area (Å²) in [5.41, 5.74) is 2.11. The minimum absolute atomic E-state index is 0.266. The highest BCUT2D eigenvalue weighted by atomic mass is 79.9. The Morgan fingerprint density at radius 2 is 2.15 bits per heavy atom. The van der Waals surface area contributed by atoms with Gasteiger partial charge >= 0.3 is 5.97 Å². The fourth-order valence-corrected chi connectivity index (χ4v) is 2.17. The molecule has 0 spiro atoms. The zero-order valence-corrected chi connectivity index (χ0v) is 12.5. The number of nitrogens with one attached hydrogen (secondary N) is 2. The van der Waals surface area contributed by atoms with Crippen molar-refractivity contribution in [1.82, 2.24) is 10.3 Å². The monoisotopic (exact) mass is 340 g/mol. The maximum atomic E-state index is 13.1.